The third-order valence-electron chi connectivity index (χ3n) is 2.67. The molecule has 0 nitrogen and oxygen atoms in total. The maximum Gasteiger partial charge on any atom is -0.0316 e. The normalized spacial score (nSPS) is 26.0. The van der Waals surface area contributed by atoms with Crippen LogP contribution in [0.4, 0.5) is 0 Å². The summed E-state index contributed by atoms with van der Waals surface area (Å²) < 4.78 is 0. The Morgan fingerprint density at radius 1 is 0.250 bits per heavy atom. The quantitative estimate of drug-likeness (QED) is 0.479. The number of rotatable bonds is 0. The average molecular weight is 216 g/mol. The van der Waals surface area contributed by atoms with E-state index in [2.05, 4.69) is 48.6 Å². The minimum absolute atomic E-state index is 1.19. The molecule has 0 aromatic carbocycles. The molecule has 0 heteroatoms. The largest absolute Gasteiger partial charge is 0.0882 e. The van der Waals surface area contributed by atoms with Crippen LogP contribution in [0.15, 0.2) is 48.6 Å². The molecular weight excluding hydrogens is 192 g/mol. The monoisotopic (exact) mass is 216 g/mol. The standard InChI is InChI=1S/C16H24/c1-2-4-6-8-10-12-14-16-15-13-11-9-7-5-3-1/h1-2,7-10,15-16H,3-6,11-14H2/b2-1-,9-7-,10-8-,16-15?. The molecule has 0 N–H and O–H groups in total. The van der Waals surface area contributed by atoms with E-state index in [1.807, 2.05) is 0 Å². The van der Waals surface area contributed by atoms with Gasteiger partial charge in [-0.2, -0.15) is 0 Å². The third-order valence-corrected chi connectivity index (χ3v) is 2.67. The van der Waals surface area contributed by atoms with Crippen molar-refractivity contribution in [2.45, 2.75) is 51.4 Å². The van der Waals surface area contributed by atoms with Gasteiger partial charge in [0.1, 0.15) is 0 Å². The summed E-state index contributed by atoms with van der Waals surface area (Å²) in [6.07, 6.45) is 28.0. The zero-order chi connectivity index (χ0) is 11.3. The van der Waals surface area contributed by atoms with Gasteiger partial charge in [-0.25, -0.2) is 0 Å². The van der Waals surface area contributed by atoms with Gasteiger partial charge >= 0.3 is 0 Å². The summed E-state index contributed by atoms with van der Waals surface area (Å²) in [5, 5.41) is 0. The van der Waals surface area contributed by atoms with Crippen LogP contribution < -0.4 is 0 Å². The summed E-state index contributed by atoms with van der Waals surface area (Å²) in [6, 6.07) is 0. The van der Waals surface area contributed by atoms with Gasteiger partial charge in [-0.15, -0.1) is 0 Å². The third kappa shape index (κ3) is 8.28. The molecule has 1 aliphatic carbocycles. The number of hydrogen-bond donors (Lipinski definition) is 0. The van der Waals surface area contributed by atoms with Crippen LogP contribution in [-0.4, -0.2) is 0 Å². The summed E-state index contributed by atoms with van der Waals surface area (Å²) in [5.74, 6) is 0. The number of allylic oxidation sites excluding steroid dienone is 8. The molecule has 0 atom stereocenters. The van der Waals surface area contributed by atoms with Crippen molar-refractivity contribution in [3.63, 3.8) is 0 Å². The lowest BCUT2D eigenvalue weighted by atomic mass is 10.1. The van der Waals surface area contributed by atoms with E-state index < -0.39 is 0 Å². The molecule has 0 bridgehead atoms. The molecule has 0 unspecified atom stereocenters. The second-order valence-corrected chi connectivity index (χ2v) is 4.20. The molecule has 0 aliphatic heterocycles. The molecule has 0 heterocycles. The van der Waals surface area contributed by atoms with E-state index in [0.29, 0.717) is 0 Å². The van der Waals surface area contributed by atoms with Gasteiger partial charge in [0.2, 0.25) is 0 Å². The predicted molar refractivity (Wildman–Crippen MR) is 73.5 cm³/mol. The molecule has 88 valence electrons. The molecular formula is C16H24. The van der Waals surface area contributed by atoms with Gasteiger partial charge in [0.25, 0.3) is 0 Å². The van der Waals surface area contributed by atoms with Crippen LogP contribution in [0.1, 0.15) is 51.4 Å². The van der Waals surface area contributed by atoms with E-state index in [-0.39, 0.29) is 0 Å². The fourth-order valence-corrected chi connectivity index (χ4v) is 1.71. The summed E-state index contributed by atoms with van der Waals surface area (Å²) in [6.45, 7) is 0. The molecule has 0 spiro atoms. The van der Waals surface area contributed by atoms with E-state index in [4.69, 9.17) is 0 Å². The van der Waals surface area contributed by atoms with Crippen molar-refractivity contribution in [2.24, 2.45) is 0 Å². The molecule has 0 aromatic heterocycles. The predicted octanol–water partition coefficient (Wildman–Crippen LogP) is 5.35. The van der Waals surface area contributed by atoms with Gasteiger partial charge in [-0.05, 0) is 51.4 Å². The lowest BCUT2D eigenvalue weighted by Gasteiger charge is -1.92. The van der Waals surface area contributed by atoms with Gasteiger partial charge < -0.3 is 0 Å². The summed E-state index contributed by atoms with van der Waals surface area (Å²) in [5.41, 5.74) is 0. The van der Waals surface area contributed by atoms with Gasteiger partial charge in [-0.1, -0.05) is 48.6 Å². The Morgan fingerprint density at radius 2 is 0.375 bits per heavy atom. The second kappa shape index (κ2) is 10.5. The fraction of sp³-hybridized carbons (Fsp3) is 0.500. The summed E-state index contributed by atoms with van der Waals surface area (Å²) >= 11 is 0. The first-order valence-electron chi connectivity index (χ1n) is 6.60. The summed E-state index contributed by atoms with van der Waals surface area (Å²) in [4.78, 5) is 0. The SMILES string of the molecule is C1=CCC/C=C\CC/C=C\CC/C=C\CC1. The highest BCUT2D eigenvalue weighted by Crippen LogP contribution is 2.03. The van der Waals surface area contributed by atoms with Gasteiger partial charge in [-0.3, -0.25) is 0 Å². The Hall–Kier alpha value is -1.04. The van der Waals surface area contributed by atoms with E-state index in [0.717, 1.165) is 0 Å². The van der Waals surface area contributed by atoms with Crippen molar-refractivity contribution in [1.29, 1.82) is 0 Å². The van der Waals surface area contributed by atoms with Crippen LogP contribution >= 0.6 is 0 Å². The Kier molecular flexibility index (Phi) is 8.53. The zero-order valence-corrected chi connectivity index (χ0v) is 10.3. The maximum absolute atomic E-state index is 2.31. The van der Waals surface area contributed by atoms with Crippen molar-refractivity contribution in [1.82, 2.24) is 0 Å². The van der Waals surface area contributed by atoms with Crippen molar-refractivity contribution < 1.29 is 0 Å². The van der Waals surface area contributed by atoms with Crippen molar-refractivity contribution >= 4 is 0 Å². The molecule has 0 radical (unpaired) electrons. The van der Waals surface area contributed by atoms with Crippen LogP contribution in [0.2, 0.25) is 0 Å². The van der Waals surface area contributed by atoms with Crippen molar-refractivity contribution in [2.75, 3.05) is 0 Å². The summed E-state index contributed by atoms with van der Waals surface area (Å²) in [7, 11) is 0. The molecule has 0 saturated carbocycles. The maximum atomic E-state index is 2.31. The smallest absolute Gasteiger partial charge is 0.0316 e. The molecule has 0 saturated heterocycles. The molecule has 0 aromatic rings. The molecule has 0 amide bonds. The first-order valence-corrected chi connectivity index (χ1v) is 6.60. The Balaban J connectivity index is 2.29. The average Bonchev–Trinajstić information content (AvgIpc) is 2.29. The highest BCUT2D eigenvalue weighted by atomic mass is 13.9. The van der Waals surface area contributed by atoms with E-state index in [1.54, 1.807) is 0 Å². The van der Waals surface area contributed by atoms with Gasteiger partial charge in [0.05, 0.1) is 0 Å². The second-order valence-electron chi connectivity index (χ2n) is 4.20. The molecule has 1 aliphatic rings. The first-order chi connectivity index (χ1) is 8.00. The van der Waals surface area contributed by atoms with Crippen molar-refractivity contribution in [3.05, 3.63) is 48.6 Å². The van der Waals surface area contributed by atoms with Gasteiger partial charge in [0.15, 0.2) is 0 Å². The Bertz CT molecular complexity index is 173. The minimum atomic E-state index is 1.19. The Morgan fingerprint density at radius 3 is 0.500 bits per heavy atom. The zero-order valence-electron chi connectivity index (χ0n) is 10.3. The van der Waals surface area contributed by atoms with Gasteiger partial charge in [0, 0.05) is 0 Å². The van der Waals surface area contributed by atoms with Crippen LogP contribution in [0.3, 0.4) is 0 Å². The lowest BCUT2D eigenvalue weighted by molar-refractivity contribution is 0.962. The van der Waals surface area contributed by atoms with Crippen LogP contribution in [0, 0.1) is 0 Å². The molecule has 0 fully saturated rings. The molecule has 1 rings (SSSR count). The fourth-order valence-electron chi connectivity index (χ4n) is 1.71. The highest BCUT2D eigenvalue weighted by molar-refractivity contribution is 4.94. The number of hydrogen-bond acceptors (Lipinski definition) is 0. The van der Waals surface area contributed by atoms with E-state index >= 15 is 0 Å². The lowest BCUT2D eigenvalue weighted by Crippen LogP contribution is -1.71. The van der Waals surface area contributed by atoms with E-state index in [1.165, 1.54) is 51.4 Å². The first kappa shape index (κ1) is 13.0. The Labute approximate surface area is 100 Å². The highest BCUT2D eigenvalue weighted by Gasteiger charge is 1.82. The minimum Gasteiger partial charge on any atom is -0.0882 e. The topological polar surface area (TPSA) is 0 Å². The van der Waals surface area contributed by atoms with Crippen LogP contribution in [-0.2, 0) is 0 Å². The van der Waals surface area contributed by atoms with E-state index in [9.17, 15) is 0 Å². The van der Waals surface area contributed by atoms with Crippen LogP contribution in [0.5, 0.6) is 0 Å². The van der Waals surface area contributed by atoms with Crippen molar-refractivity contribution in [3.8, 4) is 0 Å². The van der Waals surface area contributed by atoms with Crippen LogP contribution in [0.25, 0.3) is 0 Å². The molecule has 16 heavy (non-hydrogen) atoms.